The van der Waals surface area contributed by atoms with Gasteiger partial charge in [-0.1, -0.05) is 0 Å². The minimum absolute atomic E-state index is 0.107. The summed E-state index contributed by atoms with van der Waals surface area (Å²) in [5.74, 6) is -4.79. The third kappa shape index (κ3) is 4.22. The minimum atomic E-state index is -2.09. The van der Waals surface area contributed by atoms with Crippen LogP contribution in [0.4, 0.5) is 0 Å². The lowest BCUT2D eigenvalue weighted by Crippen LogP contribution is -2.57. The number of hydrogen-bond donors (Lipinski definition) is 6. The molecule has 0 aromatic carbocycles. The highest BCUT2D eigenvalue weighted by atomic mass is 16.4. The van der Waals surface area contributed by atoms with Crippen molar-refractivity contribution in [2.75, 3.05) is 19.8 Å². The number of aliphatic carboxylic acids is 1. The number of carbonyl (C=O) groups excluding carboxylic acids is 2. The lowest BCUT2D eigenvalue weighted by Gasteiger charge is -2.28. The van der Waals surface area contributed by atoms with Gasteiger partial charge < -0.3 is 30.6 Å². The quantitative estimate of drug-likeness (QED) is 0.268. The fourth-order valence-corrected chi connectivity index (χ4v) is 1.16. The molecule has 0 saturated heterocycles. The normalized spacial score (nSPS) is 15.4. The van der Waals surface area contributed by atoms with Crippen LogP contribution >= 0.6 is 0 Å². The molecule has 0 heterocycles. The Morgan fingerprint density at radius 2 is 1.21 bits per heavy atom. The number of nitrogens with zero attached hydrogens (tertiary/aromatic N) is 1. The molecule has 0 spiro atoms. The van der Waals surface area contributed by atoms with Crippen LogP contribution in [0, 0.1) is 0 Å². The van der Waals surface area contributed by atoms with Gasteiger partial charge in [0.25, 0.3) is 11.8 Å². The zero-order valence-electron chi connectivity index (χ0n) is 9.71. The van der Waals surface area contributed by atoms with Crippen LogP contribution in [-0.2, 0) is 14.4 Å². The molecule has 0 aromatic rings. The van der Waals surface area contributed by atoms with Gasteiger partial charge >= 0.3 is 5.97 Å². The van der Waals surface area contributed by atoms with Crippen LogP contribution in [0.1, 0.15) is 0 Å². The molecule has 3 atom stereocenters. The van der Waals surface area contributed by atoms with Crippen molar-refractivity contribution in [3.05, 3.63) is 0 Å². The topological polar surface area (TPSA) is 176 Å². The average molecular weight is 281 g/mol. The number of carboxylic acids is 1. The molecule has 19 heavy (non-hydrogen) atoms. The van der Waals surface area contributed by atoms with E-state index in [2.05, 4.69) is 0 Å². The fraction of sp³-hybridized carbons (Fsp3) is 0.667. The van der Waals surface area contributed by atoms with Gasteiger partial charge in [0.15, 0.2) is 18.2 Å². The fourth-order valence-electron chi connectivity index (χ4n) is 1.16. The van der Waals surface area contributed by atoms with Gasteiger partial charge in [-0.25, -0.2) is 4.79 Å². The van der Waals surface area contributed by atoms with Gasteiger partial charge in [-0.2, -0.15) is 0 Å². The highest BCUT2D eigenvalue weighted by molar-refractivity contribution is 6.02. The maximum atomic E-state index is 11.6. The van der Waals surface area contributed by atoms with E-state index in [-0.39, 0.29) is 4.90 Å². The van der Waals surface area contributed by atoms with Gasteiger partial charge in [0.1, 0.15) is 0 Å². The summed E-state index contributed by atoms with van der Waals surface area (Å²) in [6.07, 6.45) is -4.19. The Morgan fingerprint density at radius 3 is 1.42 bits per heavy atom. The van der Waals surface area contributed by atoms with Gasteiger partial charge in [-0.3, -0.25) is 14.5 Å². The van der Waals surface area contributed by atoms with Crippen molar-refractivity contribution in [1.29, 1.82) is 0 Å². The van der Waals surface area contributed by atoms with Crippen LogP contribution in [0.2, 0.25) is 0 Å². The molecule has 0 aliphatic heterocycles. The third-order valence-corrected chi connectivity index (χ3v) is 2.16. The van der Waals surface area contributed by atoms with Crippen molar-refractivity contribution in [3.63, 3.8) is 0 Å². The monoisotopic (exact) mass is 281 g/mol. The first-order valence-electron chi connectivity index (χ1n) is 5.10. The van der Waals surface area contributed by atoms with Gasteiger partial charge in [0, 0.05) is 0 Å². The Kier molecular flexibility index (Phi) is 7.11. The second kappa shape index (κ2) is 7.76. The SMILES string of the molecule is O=C(O)C(CO)N(C(=O)C(O)CO)C(=O)C(O)CO. The summed E-state index contributed by atoms with van der Waals surface area (Å²) in [5, 5.41) is 53.0. The van der Waals surface area contributed by atoms with E-state index in [4.69, 9.17) is 30.6 Å². The number of imide groups is 1. The summed E-state index contributed by atoms with van der Waals surface area (Å²) in [6, 6.07) is -2.05. The number of aliphatic hydroxyl groups is 5. The predicted octanol–water partition coefficient (Wildman–Crippen LogP) is -4.51. The smallest absolute Gasteiger partial charge is 0.329 e. The molecule has 10 heteroatoms. The number of hydrogen-bond acceptors (Lipinski definition) is 8. The highest BCUT2D eigenvalue weighted by Gasteiger charge is 2.39. The predicted molar refractivity (Wildman–Crippen MR) is 56.5 cm³/mol. The highest BCUT2D eigenvalue weighted by Crippen LogP contribution is 2.07. The Balaban J connectivity index is 5.41. The van der Waals surface area contributed by atoms with E-state index in [1.165, 1.54) is 0 Å². The first-order chi connectivity index (χ1) is 8.81. The van der Waals surface area contributed by atoms with Crippen molar-refractivity contribution < 1.29 is 45.0 Å². The second-order valence-corrected chi connectivity index (χ2v) is 3.48. The van der Waals surface area contributed by atoms with Crippen LogP contribution in [0.15, 0.2) is 0 Å². The molecule has 0 aliphatic rings. The number of aliphatic hydroxyl groups excluding tert-OH is 5. The molecular weight excluding hydrogens is 266 g/mol. The molecule has 10 nitrogen and oxygen atoms in total. The Morgan fingerprint density at radius 1 is 0.842 bits per heavy atom. The number of carbonyl (C=O) groups is 3. The van der Waals surface area contributed by atoms with Crippen molar-refractivity contribution >= 4 is 17.8 Å². The average Bonchev–Trinajstić information content (AvgIpc) is 2.40. The standard InChI is InChI=1S/C9H15NO9/c11-1-4(9(18)19)10(7(16)5(14)2-12)8(17)6(15)3-13/h4-6,11-15H,1-3H2,(H,18,19). The molecule has 0 rings (SSSR count). The van der Waals surface area contributed by atoms with E-state index in [9.17, 15) is 14.4 Å². The molecule has 2 amide bonds. The largest absolute Gasteiger partial charge is 0.480 e. The minimum Gasteiger partial charge on any atom is -0.480 e. The molecule has 0 bridgehead atoms. The summed E-state index contributed by atoms with van der Waals surface area (Å²) in [6.45, 7) is -3.34. The van der Waals surface area contributed by atoms with Crippen molar-refractivity contribution in [3.8, 4) is 0 Å². The molecule has 0 fully saturated rings. The molecular formula is C9H15NO9. The number of rotatable bonds is 7. The second-order valence-electron chi connectivity index (χ2n) is 3.48. The first kappa shape index (κ1) is 17.4. The van der Waals surface area contributed by atoms with E-state index in [0.717, 1.165) is 0 Å². The van der Waals surface area contributed by atoms with Crippen molar-refractivity contribution in [2.45, 2.75) is 18.2 Å². The summed E-state index contributed by atoms with van der Waals surface area (Å²) in [7, 11) is 0. The summed E-state index contributed by atoms with van der Waals surface area (Å²) in [5.41, 5.74) is 0. The lowest BCUT2D eigenvalue weighted by atomic mass is 10.2. The van der Waals surface area contributed by atoms with Crippen LogP contribution in [-0.4, -0.2) is 91.4 Å². The molecule has 0 radical (unpaired) electrons. The lowest BCUT2D eigenvalue weighted by molar-refractivity contribution is -0.168. The van der Waals surface area contributed by atoms with Crippen molar-refractivity contribution in [1.82, 2.24) is 4.90 Å². The third-order valence-electron chi connectivity index (χ3n) is 2.16. The summed E-state index contributed by atoms with van der Waals surface area (Å²) < 4.78 is 0. The zero-order valence-corrected chi connectivity index (χ0v) is 9.71. The molecule has 3 unspecified atom stereocenters. The maximum Gasteiger partial charge on any atom is 0.329 e. The van der Waals surface area contributed by atoms with E-state index in [1.807, 2.05) is 0 Å². The number of carboxylic acid groups (broad SMARTS) is 1. The summed E-state index contributed by atoms with van der Waals surface area (Å²) in [4.78, 5) is 33.8. The molecule has 0 aromatic heterocycles. The van der Waals surface area contributed by atoms with Gasteiger partial charge in [-0.05, 0) is 0 Å². The van der Waals surface area contributed by atoms with Crippen LogP contribution in [0.25, 0.3) is 0 Å². The first-order valence-corrected chi connectivity index (χ1v) is 5.10. The van der Waals surface area contributed by atoms with E-state index in [1.54, 1.807) is 0 Å². The Labute approximate surface area is 107 Å². The molecule has 6 N–H and O–H groups in total. The van der Waals surface area contributed by atoms with E-state index < -0.39 is 55.9 Å². The molecule has 110 valence electrons. The van der Waals surface area contributed by atoms with E-state index >= 15 is 0 Å². The van der Waals surface area contributed by atoms with Crippen LogP contribution in [0.3, 0.4) is 0 Å². The van der Waals surface area contributed by atoms with Crippen LogP contribution in [0.5, 0.6) is 0 Å². The van der Waals surface area contributed by atoms with Gasteiger partial charge in [-0.15, -0.1) is 0 Å². The molecule has 0 aliphatic carbocycles. The maximum absolute atomic E-state index is 11.6. The summed E-state index contributed by atoms with van der Waals surface area (Å²) >= 11 is 0. The van der Waals surface area contributed by atoms with Crippen molar-refractivity contribution in [2.24, 2.45) is 0 Å². The Bertz CT molecular complexity index is 323. The molecule has 0 saturated carbocycles. The van der Waals surface area contributed by atoms with Gasteiger partial charge in [0.05, 0.1) is 19.8 Å². The number of amides is 2. The zero-order chi connectivity index (χ0) is 15.2. The van der Waals surface area contributed by atoms with Gasteiger partial charge in [0.2, 0.25) is 0 Å². The van der Waals surface area contributed by atoms with E-state index in [0.29, 0.717) is 0 Å². The van der Waals surface area contributed by atoms with Crippen LogP contribution < -0.4 is 0 Å². The Hall–Kier alpha value is -1.59.